The molecule has 0 N–H and O–H groups in total. The monoisotopic (exact) mass is 334 g/mol. The van der Waals surface area contributed by atoms with E-state index in [-0.39, 0.29) is 10.5 Å². The van der Waals surface area contributed by atoms with Crippen LogP contribution in [0.5, 0.6) is 0 Å². The Bertz CT molecular complexity index is 773. The molecule has 0 bridgehead atoms. The number of aromatic nitrogens is 1. The number of hydrogen-bond acceptors (Lipinski definition) is 4. The van der Waals surface area contributed by atoms with E-state index in [1.165, 1.54) is 23.2 Å². The minimum Gasteiger partial charge on any atom is -0.268 e. The molecule has 0 aliphatic carbocycles. The predicted molar refractivity (Wildman–Crippen MR) is 86.2 cm³/mol. The van der Waals surface area contributed by atoms with Crippen LogP contribution in [0.4, 0.5) is 14.5 Å². The highest BCUT2D eigenvalue weighted by atomic mass is 32.2. The third-order valence-electron chi connectivity index (χ3n) is 2.97. The van der Waals surface area contributed by atoms with Crippen molar-refractivity contribution in [1.29, 1.82) is 0 Å². The second-order valence-corrected chi connectivity index (χ2v) is 6.04. The molecule has 7 heteroatoms. The highest BCUT2D eigenvalue weighted by Gasteiger charge is 2.33. The number of hydrogen-bond donors (Lipinski definition) is 0. The van der Waals surface area contributed by atoms with E-state index in [0.29, 0.717) is 10.0 Å². The van der Waals surface area contributed by atoms with Gasteiger partial charge in [0.2, 0.25) is 0 Å². The SMILES string of the molecule is O=C1/C(=C/c2c(F)cccc2F)SC(=S)N1c1cccnc1. The maximum atomic E-state index is 13.7. The molecule has 1 aromatic heterocycles. The van der Waals surface area contributed by atoms with Crippen LogP contribution in [0.3, 0.4) is 0 Å². The predicted octanol–water partition coefficient (Wildman–Crippen LogP) is 3.77. The van der Waals surface area contributed by atoms with E-state index in [4.69, 9.17) is 12.2 Å². The average Bonchev–Trinajstić information content (AvgIpc) is 2.78. The van der Waals surface area contributed by atoms with E-state index < -0.39 is 17.5 Å². The minimum absolute atomic E-state index is 0.165. The fourth-order valence-corrected chi connectivity index (χ4v) is 3.24. The Morgan fingerprint density at radius 2 is 1.91 bits per heavy atom. The molecule has 0 atom stereocenters. The molecule has 1 aliphatic heterocycles. The number of benzene rings is 1. The normalized spacial score (nSPS) is 16.6. The molecule has 2 aromatic rings. The van der Waals surface area contributed by atoms with Crippen LogP contribution in [0.1, 0.15) is 5.56 Å². The Balaban J connectivity index is 2.00. The van der Waals surface area contributed by atoms with Crippen molar-refractivity contribution in [3.63, 3.8) is 0 Å². The first kappa shape index (κ1) is 14.8. The number of halogens is 2. The van der Waals surface area contributed by atoms with Gasteiger partial charge in [0, 0.05) is 11.8 Å². The summed E-state index contributed by atoms with van der Waals surface area (Å²) in [5, 5.41) is 0. The topological polar surface area (TPSA) is 33.2 Å². The Hall–Kier alpha value is -2.12. The van der Waals surface area contributed by atoms with Gasteiger partial charge in [-0.05, 0) is 30.3 Å². The van der Waals surface area contributed by atoms with Crippen LogP contribution < -0.4 is 4.90 Å². The zero-order chi connectivity index (χ0) is 15.7. The van der Waals surface area contributed by atoms with Gasteiger partial charge in [-0.2, -0.15) is 0 Å². The van der Waals surface area contributed by atoms with Gasteiger partial charge < -0.3 is 0 Å². The first-order valence-corrected chi connectivity index (χ1v) is 7.42. The molecule has 3 nitrogen and oxygen atoms in total. The zero-order valence-corrected chi connectivity index (χ0v) is 12.6. The molecule has 1 saturated heterocycles. The van der Waals surface area contributed by atoms with Gasteiger partial charge in [0.1, 0.15) is 11.6 Å². The van der Waals surface area contributed by atoms with E-state index in [2.05, 4.69) is 4.98 Å². The van der Waals surface area contributed by atoms with Crippen LogP contribution in [0.25, 0.3) is 6.08 Å². The summed E-state index contributed by atoms with van der Waals surface area (Å²) in [5.41, 5.74) is 0.261. The first-order chi connectivity index (χ1) is 10.6. The summed E-state index contributed by atoms with van der Waals surface area (Å²) in [6.07, 6.45) is 4.25. The standard InChI is InChI=1S/C15H8F2N2OS2/c16-11-4-1-5-12(17)10(11)7-13-14(20)19(15(21)22-13)9-3-2-6-18-8-9/h1-8H/b13-7-. The Kier molecular flexibility index (Phi) is 4.00. The summed E-state index contributed by atoms with van der Waals surface area (Å²) in [7, 11) is 0. The number of nitrogens with zero attached hydrogens (tertiary/aromatic N) is 2. The van der Waals surface area contributed by atoms with E-state index in [0.717, 1.165) is 23.9 Å². The van der Waals surface area contributed by atoms with Crippen molar-refractivity contribution in [2.75, 3.05) is 4.90 Å². The molecule has 22 heavy (non-hydrogen) atoms. The molecule has 0 saturated carbocycles. The summed E-state index contributed by atoms with van der Waals surface area (Å²) < 4.78 is 27.7. The lowest BCUT2D eigenvalue weighted by Gasteiger charge is -2.13. The number of amides is 1. The molecule has 110 valence electrons. The number of carbonyl (C=O) groups excluding carboxylic acids is 1. The summed E-state index contributed by atoms with van der Waals surface area (Å²) in [6, 6.07) is 6.90. The summed E-state index contributed by atoms with van der Waals surface area (Å²) in [4.78, 5) is 17.8. The third kappa shape index (κ3) is 2.65. The number of pyridine rings is 1. The summed E-state index contributed by atoms with van der Waals surface area (Å²) >= 11 is 6.17. The van der Waals surface area contributed by atoms with Gasteiger partial charge in [0.05, 0.1) is 16.8 Å². The van der Waals surface area contributed by atoms with Crippen LogP contribution in [0.2, 0.25) is 0 Å². The number of thiocarbonyl (C=S) groups is 1. The van der Waals surface area contributed by atoms with Crippen molar-refractivity contribution < 1.29 is 13.6 Å². The van der Waals surface area contributed by atoms with Gasteiger partial charge in [-0.15, -0.1) is 0 Å². The van der Waals surface area contributed by atoms with Gasteiger partial charge >= 0.3 is 0 Å². The Morgan fingerprint density at radius 3 is 2.55 bits per heavy atom. The van der Waals surface area contributed by atoms with Crippen LogP contribution in [0, 0.1) is 11.6 Å². The van der Waals surface area contributed by atoms with Gasteiger partial charge in [-0.1, -0.05) is 30.0 Å². The Morgan fingerprint density at radius 1 is 1.18 bits per heavy atom. The fourth-order valence-electron chi connectivity index (χ4n) is 1.96. The van der Waals surface area contributed by atoms with Crippen LogP contribution in [0.15, 0.2) is 47.6 Å². The molecule has 1 aliphatic rings. The Labute approximate surface area is 134 Å². The first-order valence-electron chi connectivity index (χ1n) is 6.20. The quantitative estimate of drug-likeness (QED) is 0.618. The van der Waals surface area contributed by atoms with E-state index in [9.17, 15) is 13.6 Å². The van der Waals surface area contributed by atoms with E-state index in [1.54, 1.807) is 18.3 Å². The molecule has 1 fully saturated rings. The number of rotatable bonds is 2. The highest BCUT2D eigenvalue weighted by molar-refractivity contribution is 8.27. The van der Waals surface area contributed by atoms with Crippen molar-refractivity contribution >= 4 is 46.0 Å². The largest absolute Gasteiger partial charge is 0.270 e. The zero-order valence-electron chi connectivity index (χ0n) is 11.0. The van der Waals surface area contributed by atoms with E-state index >= 15 is 0 Å². The molecule has 3 rings (SSSR count). The molecule has 1 amide bonds. The second-order valence-electron chi connectivity index (χ2n) is 4.36. The van der Waals surface area contributed by atoms with Gasteiger partial charge in [-0.25, -0.2) is 8.78 Å². The molecule has 0 unspecified atom stereocenters. The second kappa shape index (κ2) is 5.94. The fraction of sp³-hybridized carbons (Fsp3) is 0. The number of thioether (sulfide) groups is 1. The molecule has 1 aromatic carbocycles. The number of anilines is 1. The number of carbonyl (C=O) groups is 1. The highest BCUT2D eigenvalue weighted by Crippen LogP contribution is 2.36. The maximum absolute atomic E-state index is 13.7. The van der Waals surface area contributed by atoms with Crippen molar-refractivity contribution in [3.05, 3.63) is 64.8 Å². The van der Waals surface area contributed by atoms with Crippen LogP contribution in [-0.4, -0.2) is 15.2 Å². The van der Waals surface area contributed by atoms with Crippen LogP contribution >= 0.6 is 24.0 Å². The lowest BCUT2D eigenvalue weighted by Crippen LogP contribution is -2.27. The lowest BCUT2D eigenvalue weighted by atomic mass is 10.2. The smallest absolute Gasteiger partial charge is 0.268 e. The minimum atomic E-state index is -0.730. The molecule has 0 spiro atoms. The van der Waals surface area contributed by atoms with Crippen molar-refractivity contribution in [3.8, 4) is 0 Å². The van der Waals surface area contributed by atoms with Gasteiger partial charge in [0.15, 0.2) is 4.32 Å². The average molecular weight is 334 g/mol. The third-order valence-corrected chi connectivity index (χ3v) is 4.28. The molecular formula is C15H8F2N2OS2. The summed E-state index contributed by atoms with van der Waals surface area (Å²) in [6.45, 7) is 0. The molecular weight excluding hydrogens is 326 g/mol. The lowest BCUT2D eigenvalue weighted by molar-refractivity contribution is -0.113. The maximum Gasteiger partial charge on any atom is 0.270 e. The van der Waals surface area contributed by atoms with Crippen molar-refractivity contribution in [2.45, 2.75) is 0 Å². The van der Waals surface area contributed by atoms with Gasteiger partial charge in [-0.3, -0.25) is 14.7 Å². The van der Waals surface area contributed by atoms with Gasteiger partial charge in [0.25, 0.3) is 5.91 Å². The van der Waals surface area contributed by atoms with Crippen molar-refractivity contribution in [1.82, 2.24) is 4.98 Å². The van der Waals surface area contributed by atoms with E-state index in [1.807, 2.05) is 0 Å². The van der Waals surface area contributed by atoms with Crippen LogP contribution in [-0.2, 0) is 4.79 Å². The molecule has 0 radical (unpaired) electrons. The molecule has 2 heterocycles. The van der Waals surface area contributed by atoms with Crippen molar-refractivity contribution in [2.24, 2.45) is 0 Å². The summed E-state index contributed by atoms with van der Waals surface area (Å²) in [5.74, 6) is -1.89.